The van der Waals surface area contributed by atoms with Gasteiger partial charge in [0, 0.05) is 15.9 Å². The van der Waals surface area contributed by atoms with Gasteiger partial charge in [-0.15, -0.1) is 0 Å². The molecule has 0 saturated carbocycles. The molecule has 1 aliphatic heterocycles. The average molecular weight is 416 g/mol. The van der Waals surface area contributed by atoms with E-state index in [1.807, 2.05) is 62.4 Å². The van der Waals surface area contributed by atoms with Gasteiger partial charge in [-0.2, -0.15) is 0 Å². The van der Waals surface area contributed by atoms with Crippen LogP contribution < -0.4 is 16.0 Å². The van der Waals surface area contributed by atoms with Crippen molar-refractivity contribution in [2.24, 2.45) is 0 Å². The third kappa shape index (κ3) is 4.08. The van der Waals surface area contributed by atoms with Crippen molar-refractivity contribution in [3.05, 3.63) is 75.4 Å². The molecule has 0 fully saturated rings. The quantitative estimate of drug-likeness (QED) is 0.657. The topological polar surface area (TPSA) is 53.2 Å². The number of hydrogen-bond acceptors (Lipinski definition) is 2. The molecule has 25 heavy (non-hydrogen) atoms. The molecule has 0 saturated heterocycles. The second-order valence-corrected chi connectivity index (χ2v) is 7.27. The number of rotatable bonds is 3. The molecule has 1 atom stereocenters. The zero-order valence-electron chi connectivity index (χ0n) is 13.9. The lowest BCUT2D eigenvalue weighted by molar-refractivity contribution is -0.113. The van der Waals surface area contributed by atoms with Crippen LogP contribution in [0.1, 0.15) is 24.1 Å². The van der Waals surface area contributed by atoms with Gasteiger partial charge in [-0.05, 0) is 55.9 Å². The number of hydrogen-bond donors (Lipinski definition) is 3. The van der Waals surface area contributed by atoms with E-state index in [1.54, 1.807) is 0 Å². The Morgan fingerprint density at radius 1 is 1.08 bits per heavy atom. The highest BCUT2D eigenvalue weighted by Gasteiger charge is 2.29. The van der Waals surface area contributed by atoms with Gasteiger partial charge in [0.1, 0.15) is 0 Å². The van der Waals surface area contributed by atoms with Crippen molar-refractivity contribution in [2.45, 2.75) is 19.9 Å². The molecule has 128 valence electrons. The van der Waals surface area contributed by atoms with Crippen molar-refractivity contribution in [1.29, 1.82) is 0 Å². The Bertz CT molecular complexity index is 844. The molecule has 1 amide bonds. The fraction of sp³-hybridized carbons (Fsp3) is 0.158. The van der Waals surface area contributed by atoms with Crippen LogP contribution in [0, 0.1) is 6.92 Å². The zero-order chi connectivity index (χ0) is 18.0. The number of carbonyl (C=O) groups excluding carboxylic acids is 1. The standard InChI is InChI=1S/C19H18BrN3OS/c1-11-3-9-15(10-4-11)22-18(24)16-12(2)21-19(25)23-17(16)13-5-7-14(20)8-6-13/h3-10,17H,1-2H3,(H,22,24)(H2,21,23,25). The van der Waals surface area contributed by atoms with E-state index in [2.05, 4.69) is 31.9 Å². The molecular weight excluding hydrogens is 398 g/mol. The third-order valence-corrected chi connectivity index (χ3v) is 4.78. The van der Waals surface area contributed by atoms with Crippen molar-refractivity contribution >= 4 is 44.9 Å². The van der Waals surface area contributed by atoms with Crippen LogP contribution in [0.3, 0.4) is 0 Å². The van der Waals surface area contributed by atoms with Crippen LogP contribution in [0.25, 0.3) is 0 Å². The molecule has 0 aliphatic carbocycles. The highest BCUT2D eigenvalue weighted by atomic mass is 79.9. The molecule has 1 unspecified atom stereocenters. The number of nitrogens with one attached hydrogen (secondary N) is 3. The summed E-state index contributed by atoms with van der Waals surface area (Å²) in [6.07, 6.45) is 0. The minimum absolute atomic E-state index is 0.156. The predicted octanol–water partition coefficient (Wildman–Crippen LogP) is 4.19. The molecular formula is C19H18BrN3OS. The molecule has 0 bridgehead atoms. The second-order valence-electron chi connectivity index (χ2n) is 5.94. The van der Waals surface area contributed by atoms with Gasteiger partial charge in [0.2, 0.25) is 0 Å². The van der Waals surface area contributed by atoms with E-state index < -0.39 is 0 Å². The van der Waals surface area contributed by atoms with Crippen molar-refractivity contribution in [1.82, 2.24) is 10.6 Å². The highest BCUT2D eigenvalue weighted by molar-refractivity contribution is 9.10. The van der Waals surface area contributed by atoms with E-state index in [4.69, 9.17) is 12.2 Å². The molecule has 2 aromatic carbocycles. The van der Waals surface area contributed by atoms with E-state index >= 15 is 0 Å². The maximum atomic E-state index is 12.9. The zero-order valence-corrected chi connectivity index (χ0v) is 16.3. The molecule has 2 aromatic rings. The van der Waals surface area contributed by atoms with Crippen LogP contribution in [-0.2, 0) is 4.79 Å². The van der Waals surface area contributed by atoms with Crippen molar-refractivity contribution in [3.8, 4) is 0 Å². The smallest absolute Gasteiger partial charge is 0.255 e. The number of allylic oxidation sites excluding steroid dienone is 1. The third-order valence-electron chi connectivity index (χ3n) is 4.03. The lowest BCUT2D eigenvalue weighted by atomic mass is 9.95. The second kappa shape index (κ2) is 7.37. The Balaban J connectivity index is 1.92. The van der Waals surface area contributed by atoms with Crippen LogP contribution in [0.15, 0.2) is 64.3 Å². The van der Waals surface area contributed by atoms with E-state index in [-0.39, 0.29) is 11.9 Å². The maximum Gasteiger partial charge on any atom is 0.255 e. The first-order valence-electron chi connectivity index (χ1n) is 7.86. The molecule has 1 aliphatic rings. The summed E-state index contributed by atoms with van der Waals surface area (Å²) >= 11 is 8.71. The monoisotopic (exact) mass is 415 g/mol. The molecule has 4 nitrogen and oxygen atoms in total. The van der Waals surface area contributed by atoms with Gasteiger partial charge in [0.15, 0.2) is 5.11 Å². The Morgan fingerprint density at radius 2 is 1.72 bits per heavy atom. The number of thiocarbonyl (C=S) groups is 1. The summed E-state index contributed by atoms with van der Waals surface area (Å²) in [5.41, 5.74) is 4.25. The van der Waals surface area contributed by atoms with Gasteiger partial charge >= 0.3 is 0 Å². The van der Waals surface area contributed by atoms with Crippen LogP contribution in [-0.4, -0.2) is 11.0 Å². The fourth-order valence-electron chi connectivity index (χ4n) is 2.74. The molecule has 0 radical (unpaired) electrons. The van der Waals surface area contributed by atoms with E-state index in [0.29, 0.717) is 10.7 Å². The van der Waals surface area contributed by atoms with E-state index in [1.165, 1.54) is 0 Å². The summed E-state index contributed by atoms with van der Waals surface area (Å²) in [6, 6.07) is 15.3. The van der Waals surface area contributed by atoms with Gasteiger partial charge in [-0.25, -0.2) is 0 Å². The molecule has 3 N–H and O–H groups in total. The lowest BCUT2D eigenvalue weighted by Crippen LogP contribution is -2.45. The highest BCUT2D eigenvalue weighted by Crippen LogP contribution is 2.28. The molecule has 1 heterocycles. The number of carbonyl (C=O) groups is 1. The first-order valence-corrected chi connectivity index (χ1v) is 9.06. The minimum Gasteiger partial charge on any atom is -0.351 e. The van der Waals surface area contributed by atoms with Crippen LogP contribution in [0.5, 0.6) is 0 Å². The summed E-state index contributed by atoms with van der Waals surface area (Å²) in [5.74, 6) is -0.156. The Kier molecular flexibility index (Phi) is 5.20. The number of halogens is 1. The lowest BCUT2D eigenvalue weighted by Gasteiger charge is -2.30. The molecule has 0 aromatic heterocycles. The first-order chi connectivity index (χ1) is 11.9. The normalized spacial score (nSPS) is 16.9. The van der Waals surface area contributed by atoms with Gasteiger partial charge in [-0.3, -0.25) is 4.79 Å². The number of benzene rings is 2. The van der Waals surface area contributed by atoms with Crippen molar-refractivity contribution in [3.63, 3.8) is 0 Å². The largest absolute Gasteiger partial charge is 0.351 e. The summed E-state index contributed by atoms with van der Waals surface area (Å²) in [6.45, 7) is 3.88. The van der Waals surface area contributed by atoms with Crippen molar-refractivity contribution in [2.75, 3.05) is 5.32 Å². The summed E-state index contributed by atoms with van der Waals surface area (Å²) < 4.78 is 0.985. The van der Waals surface area contributed by atoms with Crippen LogP contribution in [0.2, 0.25) is 0 Å². The Morgan fingerprint density at radius 3 is 2.36 bits per heavy atom. The Labute approximate surface area is 160 Å². The van der Waals surface area contributed by atoms with Gasteiger partial charge < -0.3 is 16.0 Å². The minimum atomic E-state index is -0.299. The van der Waals surface area contributed by atoms with E-state index in [9.17, 15) is 4.79 Å². The average Bonchev–Trinajstić information content (AvgIpc) is 2.57. The fourth-order valence-corrected chi connectivity index (χ4v) is 3.27. The summed E-state index contributed by atoms with van der Waals surface area (Å²) in [7, 11) is 0. The van der Waals surface area contributed by atoms with Crippen LogP contribution >= 0.6 is 28.1 Å². The number of anilines is 1. The van der Waals surface area contributed by atoms with Gasteiger partial charge in [0.05, 0.1) is 11.6 Å². The van der Waals surface area contributed by atoms with Crippen LogP contribution in [0.4, 0.5) is 5.69 Å². The first kappa shape index (κ1) is 17.6. The van der Waals surface area contributed by atoms with Crippen molar-refractivity contribution < 1.29 is 4.79 Å². The maximum absolute atomic E-state index is 12.9. The molecule has 3 rings (SSSR count). The molecule has 0 spiro atoms. The number of amides is 1. The van der Waals surface area contributed by atoms with E-state index in [0.717, 1.165) is 27.0 Å². The van der Waals surface area contributed by atoms with Gasteiger partial charge in [0.25, 0.3) is 5.91 Å². The molecule has 6 heteroatoms. The van der Waals surface area contributed by atoms with Gasteiger partial charge in [-0.1, -0.05) is 45.8 Å². The number of aryl methyl sites for hydroxylation is 1. The Hall–Kier alpha value is -2.18. The summed E-state index contributed by atoms with van der Waals surface area (Å²) in [4.78, 5) is 12.9. The predicted molar refractivity (Wildman–Crippen MR) is 108 cm³/mol. The summed E-state index contributed by atoms with van der Waals surface area (Å²) in [5, 5.41) is 9.72. The SMILES string of the molecule is CC1=C(C(=O)Nc2ccc(C)cc2)C(c2ccc(Br)cc2)NC(=S)N1.